The first-order valence-electron chi connectivity index (χ1n) is 5.53. The van der Waals surface area contributed by atoms with Crippen molar-refractivity contribution in [2.75, 3.05) is 5.73 Å². The van der Waals surface area contributed by atoms with E-state index in [0.29, 0.717) is 6.42 Å². The van der Waals surface area contributed by atoms with Crippen LogP contribution in [0.5, 0.6) is 0 Å². The van der Waals surface area contributed by atoms with Gasteiger partial charge >= 0.3 is 0 Å². The van der Waals surface area contributed by atoms with Crippen molar-refractivity contribution in [2.24, 2.45) is 0 Å². The maximum Gasteiger partial charge on any atom is 0.0850 e. The van der Waals surface area contributed by atoms with Crippen LogP contribution in [0.15, 0.2) is 18.5 Å². The van der Waals surface area contributed by atoms with Crippen LogP contribution in [-0.4, -0.2) is 14.8 Å². The molecule has 0 amide bonds. The van der Waals surface area contributed by atoms with Crippen molar-refractivity contribution < 1.29 is 0 Å². The number of halogens is 1. The molecular formula is C12H15ClN4. The van der Waals surface area contributed by atoms with Crippen molar-refractivity contribution >= 4 is 17.3 Å². The van der Waals surface area contributed by atoms with Gasteiger partial charge in [-0.2, -0.15) is 5.10 Å². The molecule has 2 N–H and O–H groups in total. The molecule has 4 nitrogen and oxygen atoms in total. The molecule has 0 aromatic carbocycles. The Morgan fingerprint density at radius 2 is 2.24 bits per heavy atom. The zero-order chi connectivity index (χ0) is 12.4. The Kier molecular flexibility index (Phi) is 3.33. The molecule has 2 aromatic heterocycles. The molecule has 0 unspecified atom stereocenters. The normalized spacial score (nSPS) is 10.8. The molecular weight excluding hydrogens is 236 g/mol. The average molecular weight is 251 g/mol. The van der Waals surface area contributed by atoms with Crippen LogP contribution in [0.25, 0.3) is 0 Å². The molecule has 0 radical (unpaired) electrons. The number of hydrogen-bond acceptors (Lipinski definition) is 3. The summed E-state index contributed by atoms with van der Waals surface area (Å²) in [4.78, 5) is 4.08. The van der Waals surface area contributed by atoms with Gasteiger partial charge in [0.1, 0.15) is 0 Å². The summed E-state index contributed by atoms with van der Waals surface area (Å²) in [6.07, 6.45) is 4.12. The third-order valence-corrected chi connectivity index (χ3v) is 3.24. The number of nitrogen functional groups attached to an aromatic ring is 1. The largest absolute Gasteiger partial charge is 0.398 e. The van der Waals surface area contributed by atoms with Crippen LogP contribution in [0.1, 0.15) is 23.9 Å². The maximum absolute atomic E-state index is 6.25. The minimum Gasteiger partial charge on any atom is -0.398 e. The van der Waals surface area contributed by atoms with E-state index in [1.54, 1.807) is 18.5 Å². The summed E-state index contributed by atoms with van der Waals surface area (Å²) in [5, 5.41) is 5.10. The van der Waals surface area contributed by atoms with Gasteiger partial charge in [0.15, 0.2) is 0 Å². The van der Waals surface area contributed by atoms with Crippen LogP contribution in [0.2, 0.25) is 5.02 Å². The zero-order valence-corrected chi connectivity index (χ0v) is 10.7. The summed E-state index contributed by atoms with van der Waals surface area (Å²) in [5.41, 5.74) is 9.46. The Bertz CT molecular complexity index is 533. The molecule has 2 heterocycles. The van der Waals surface area contributed by atoms with Gasteiger partial charge < -0.3 is 5.73 Å². The molecule has 0 aliphatic rings. The van der Waals surface area contributed by atoms with Crippen LogP contribution < -0.4 is 5.73 Å². The molecule has 17 heavy (non-hydrogen) atoms. The van der Waals surface area contributed by atoms with Gasteiger partial charge in [0, 0.05) is 31.0 Å². The summed E-state index contributed by atoms with van der Waals surface area (Å²) in [6.45, 7) is 4.74. The average Bonchev–Trinajstić information content (AvgIpc) is 2.59. The van der Waals surface area contributed by atoms with Crippen LogP contribution >= 0.6 is 11.6 Å². The molecule has 2 rings (SSSR count). The molecule has 0 bridgehead atoms. The second-order valence-corrected chi connectivity index (χ2v) is 4.29. The summed E-state index contributed by atoms with van der Waals surface area (Å²) in [7, 11) is 0. The number of aryl methyl sites for hydroxylation is 2. The predicted octanol–water partition coefficient (Wildman–Crippen LogP) is 2.43. The standard InChI is InChI=1S/C12H15ClN4/c1-3-17-11(12(13)8(2)16-17)6-9-7-15-5-4-10(9)14/h4-5,7H,3,6H2,1-2H3,(H2,14,15). The SMILES string of the molecule is CCn1nc(C)c(Cl)c1Cc1cnccc1N. The van der Waals surface area contributed by atoms with Gasteiger partial charge in [0.2, 0.25) is 0 Å². The number of hydrogen-bond donors (Lipinski definition) is 1. The number of aromatic nitrogens is 3. The summed E-state index contributed by atoms with van der Waals surface area (Å²) < 4.78 is 1.91. The lowest BCUT2D eigenvalue weighted by Gasteiger charge is -2.07. The van der Waals surface area contributed by atoms with E-state index in [0.717, 1.165) is 34.2 Å². The van der Waals surface area contributed by atoms with Gasteiger partial charge in [-0.05, 0) is 25.5 Å². The first-order chi connectivity index (χ1) is 8.13. The van der Waals surface area contributed by atoms with Crippen molar-refractivity contribution in [1.82, 2.24) is 14.8 Å². The van der Waals surface area contributed by atoms with E-state index in [4.69, 9.17) is 17.3 Å². The highest BCUT2D eigenvalue weighted by Crippen LogP contribution is 2.24. The molecule has 0 fully saturated rings. The third-order valence-electron chi connectivity index (χ3n) is 2.75. The smallest absolute Gasteiger partial charge is 0.0850 e. The van der Waals surface area contributed by atoms with Crippen molar-refractivity contribution in [3.8, 4) is 0 Å². The van der Waals surface area contributed by atoms with Crippen LogP contribution in [0.4, 0.5) is 5.69 Å². The highest BCUT2D eigenvalue weighted by Gasteiger charge is 2.13. The summed E-state index contributed by atoms with van der Waals surface area (Å²) in [6, 6.07) is 1.79. The van der Waals surface area contributed by atoms with E-state index in [-0.39, 0.29) is 0 Å². The Morgan fingerprint density at radius 1 is 1.47 bits per heavy atom. The summed E-state index contributed by atoms with van der Waals surface area (Å²) in [5.74, 6) is 0. The van der Waals surface area contributed by atoms with Gasteiger partial charge in [-0.25, -0.2) is 0 Å². The fourth-order valence-corrected chi connectivity index (χ4v) is 2.01. The van der Waals surface area contributed by atoms with Gasteiger partial charge in [0.25, 0.3) is 0 Å². The number of anilines is 1. The van der Waals surface area contributed by atoms with Crippen molar-refractivity contribution in [1.29, 1.82) is 0 Å². The fraction of sp³-hybridized carbons (Fsp3) is 0.333. The second-order valence-electron chi connectivity index (χ2n) is 3.91. The molecule has 0 spiro atoms. The lowest BCUT2D eigenvalue weighted by Crippen LogP contribution is -2.05. The molecule has 0 atom stereocenters. The first-order valence-corrected chi connectivity index (χ1v) is 5.91. The van der Waals surface area contributed by atoms with Gasteiger partial charge in [-0.3, -0.25) is 9.67 Å². The van der Waals surface area contributed by atoms with E-state index in [2.05, 4.69) is 10.1 Å². The number of nitrogens with zero attached hydrogens (tertiary/aromatic N) is 3. The Balaban J connectivity index is 2.39. The summed E-state index contributed by atoms with van der Waals surface area (Å²) >= 11 is 6.25. The number of pyridine rings is 1. The Morgan fingerprint density at radius 3 is 2.88 bits per heavy atom. The molecule has 90 valence electrons. The number of rotatable bonds is 3. The van der Waals surface area contributed by atoms with Crippen molar-refractivity contribution in [3.63, 3.8) is 0 Å². The van der Waals surface area contributed by atoms with Crippen LogP contribution in [-0.2, 0) is 13.0 Å². The van der Waals surface area contributed by atoms with Gasteiger partial charge in [-0.1, -0.05) is 11.6 Å². The minimum atomic E-state index is 0.660. The van der Waals surface area contributed by atoms with E-state index >= 15 is 0 Å². The first kappa shape index (κ1) is 11.9. The molecule has 0 aliphatic heterocycles. The Labute approximate surface area is 105 Å². The lowest BCUT2D eigenvalue weighted by atomic mass is 10.1. The molecule has 0 aliphatic carbocycles. The second kappa shape index (κ2) is 4.75. The number of nitrogens with two attached hydrogens (primary N) is 1. The predicted molar refractivity (Wildman–Crippen MR) is 69.1 cm³/mol. The lowest BCUT2D eigenvalue weighted by molar-refractivity contribution is 0.625. The highest BCUT2D eigenvalue weighted by molar-refractivity contribution is 6.31. The quantitative estimate of drug-likeness (QED) is 0.910. The topological polar surface area (TPSA) is 56.7 Å². The molecule has 5 heteroatoms. The molecule has 0 saturated carbocycles. The van der Waals surface area contributed by atoms with E-state index in [1.807, 2.05) is 18.5 Å². The minimum absolute atomic E-state index is 0.660. The van der Waals surface area contributed by atoms with E-state index in [9.17, 15) is 0 Å². The Hall–Kier alpha value is -1.55. The fourth-order valence-electron chi connectivity index (χ4n) is 1.80. The van der Waals surface area contributed by atoms with Crippen molar-refractivity contribution in [3.05, 3.63) is 40.4 Å². The zero-order valence-electron chi connectivity index (χ0n) is 9.94. The monoisotopic (exact) mass is 250 g/mol. The van der Waals surface area contributed by atoms with Crippen molar-refractivity contribution in [2.45, 2.75) is 26.8 Å². The van der Waals surface area contributed by atoms with Gasteiger partial charge in [0.05, 0.1) is 16.4 Å². The third kappa shape index (κ3) is 2.26. The molecule has 0 saturated heterocycles. The molecule has 2 aromatic rings. The van der Waals surface area contributed by atoms with Gasteiger partial charge in [-0.15, -0.1) is 0 Å². The van der Waals surface area contributed by atoms with E-state index < -0.39 is 0 Å². The van der Waals surface area contributed by atoms with E-state index in [1.165, 1.54) is 0 Å². The maximum atomic E-state index is 6.25. The van der Waals surface area contributed by atoms with Crippen LogP contribution in [0, 0.1) is 6.92 Å². The highest BCUT2D eigenvalue weighted by atomic mass is 35.5. The van der Waals surface area contributed by atoms with Crippen LogP contribution in [0.3, 0.4) is 0 Å².